The fourth-order valence-electron chi connectivity index (χ4n) is 10.7. The summed E-state index contributed by atoms with van der Waals surface area (Å²) in [4.78, 5) is 63.0. The molecule has 9 aliphatic rings. The summed E-state index contributed by atoms with van der Waals surface area (Å²) in [7, 11) is 8.45. The lowest BCUT2D eigenvalue weighted by Gasteiger charge is -2.59. The first-order valence-electron chi connectivity index (χ1n) is 16.1. The van der Waals surface area contributed by atoms with Crippen LogP contribution in [0.2, 0.25) is 0 Å². The maximum atomic E-state index is 15.5. The number of piperazine rings is 2. The smallest absolute Gasteiger partial charge is 0.279 e. The van der Waals surface area contributed by atoms with Crippen molar-refractivity contribution in [1.82, 2.24) is 19.6 Å². The molecule has 4 bridgehead atoms. The molecule has 0 saturated carbocycles. The average Bonchev–Trinajstić information content (AvgIpc) is 3.71. The van der Waals surface area contributed by atoms with Crippen molar-refractivity contribution in [3.63, 3.8) is 0 Å². The van der Waals surface area contributed by atoms with Crippen molar-refractivity contribution in [3.05, 3.63) is 59.7 Å². The molecule has 0 radical (unpaired) electrons. The number of fused-ring (bicyclic) bond motifs is 7. The Morgan fingerprint density at radius 2 is 1.43 bits per heavy atom. The van der Waals surface area contributed by atoms with E-state index in [2.05, 4.69) is 10.6 Å². The molecule has 9 heterocycles. The van der Waals surface area contributed by atoms with Gasteiger partial charge in [0.15, 0.2) is 4.87 Å². The molecule has 0 aromatic heterocycles. The van der Waals surface area contributed by atoms with E-state index in [1.165, 1.54) is 53.2 Å². The van der Waals surface area contributed by atoms with Crippen LogP contribution in [0, 0.1) is 5.92 Å². The van der Waals surface area contributed by atoms with Crippen molar-refractivity contribution >= 4 is 76.2 Å². The van der Waals surface area contributed by atoms with Crippen molar-refractivity contribution in [3.8, 4) is 0 Å². The van der Waals surface area contributed by atoms with E-state index in [1.807, 2.05) is 62.4 Å². The second-order valence-electron chi connectivity index (χ2n) is 14.2. The van der Waals surface area contributed by atoms with Gasteiger partial charge in [0.2, 0.25) is 4.87 Å². The van der Waals surface area contributed by atoms with E-state index in [4.69, 9.17) is 4.74 Å². The molecule has 49 heavy (non-hydrogen) atoms. The molecule has 256 valence electrons. The Morgan fingerprint density at radius 1 is 0.837 bits per heavy atom. The van der Waals surface area contributed by atoms with Gasteiger partial charge in [-0.1, -0.05) is 50.2 Å². The number of nitrogens with zero attached hydrogens (tertiary/aromatic N) is 4. The van der Waals surface area contributed by atoms with Gasteiger partial charge in [0, 0.05) is 25.5 Å². The van der Waals surface area contributed by atoms with Gasteiger partial charge in [0.05, 0.1) is 17.4 Å². The van der Waals surface area contributed by atoms with E-state index < -0.39 is 75.3 Å². The van der Waals surface area contributed by atoms with Gasteiger partial charge >= 0.3 is 0 Å². The van der Waals surface area contributed by atoms with Gasteiger partial charge in [-0.25, -0.2) is 0 Å². The summed E-state index contributed by atoms with van der Waals surface area (Å²) < 4.78 is 7.21. The van der Waals surface area contributed by atoms with Gasteiger partial charge in [0.25, 0.3) is 29.4 Å². The molecule has 7 fully saturated rings. The molecule has 2 aromatic rings. The molecule has 7 saturated heterocycles. The number of ether oxygens (including phenoxy) is 1. The first kappa shape index (κ1) is 31.0. The molecule has 11 rings (SSSR count). The van der Waals surface area contributed by atoms with E-state index in [-0.39, 0.29) is 17.7 Å². The molecule has 13 nitrogen and oxygen atoms in total. The molecule has 4 amide bonds. The molecule has 10 atom stereocenters. The number of aliphatic hydroxyl groups excluding tert-OH is 2. The number of likely N-dealkylation sites (N-methyl/N-ethyl adjacent to an activating group) is 2. The Hall–Kier alpha value is -2.80. The number of para-hydroxylation sites is 2. The van der Waals surface area contributed by atoms with Crippen molar-refractivity contribution in [1.29, 1.82) is 0 Å². The molecule has 2 aromatic carbocycles. The number of carbonyl (C=O) groups is 4. The zero-order valence-corrected chi connectivity index (χ0v) is 29.9. The minimum Gasteiger partial charge on any atom is -0.394 e. The minimum atomic E-state index is -2.28. The molecular formula is C32H32N6O7S4. The maximum Gasteiger partial charge on any atom is 0.279 e. The lowest BCUT2D eigenvalue weighted by atomic mass is 9.50. The third-order valence-corrected chi connectivity index (χ3v) is 20.1. The van der Waals surface area contributed by atoms with Crippen LogP contribution in [0.5, 0.6) is 0 Å². The first-order valence-corrected chi connectivity index (χ1v) is 20.9. The molecule has 4 N–H and O–H groups in total. The van der Waals surface area contributed by atoms with Crippen LogP contribution < -0.4 is 10.6 Å². The van der Waals surface area contributed by atoms with Gasteiger partial charge in [-0.3, -0.25) is 29.0 Å². The highest BCUT2D eigenvalue weighted by Crippen LogP contribution is 2.79. The lowest BCUT2D eigenvalue weighted by Crippen LogP contribution is -2.81. The largest absolute Gasteiger partial charge is 0.394 e. The Bertz CT molecular complexity index is 1940. The number of hydrogen-bond donors (Lipinski definition) is 4. The van der Waals surface area contributed by atoms with Crippen LogP contribution in [-0.2, 0) is 34.7 Å². The van der Waals surface area contributed by atoms with Gasteiger partial charge in [-0.05, 0) is 70.4 Å². The second kappa shape index (κ2) is 9.35. The van der Waals surface area contributed by atoms with Crippen molar-refractivity contribution in [2.24, 2.45) is 5.92 Å². The molecule has 4 spiro atoms. The number of carbonyl (C=O) groups excluding carboxylic acids is 4. The van der Waals surface area contributed by atoms with E-state index >= 15 is 9.59 Å². The Kier molecular flexibility index (Phi) is 5.91. The SMILES string of the molecule is CC(C)[C@]12SSSS[C@]3(C(=O)N1C)[C@H]1O[C@@]45C(=O)N(C)[C@H](CO)C(=O)N4[C@@H]4Nc6ccccc6C4([C@@H]5O)C14c1ccccc1N[C@@H]4N3C2=O. The predicted molar refractivity (Wildman–Crippen MR) is 185 cm³/mol. The quantitative estimate of drug-likeness (QED) is 0.330. The number of aliphatic hydroxyl groups is 2. The van der Waals surface area contributed by atoms with Crippen LogP contribution in [0.4, 0.5) is 11.4 Å². The van der Waals surface area contributed by atoms with Crippen LogP contribution in [0.15, 0.2) is 48.5 Å². The van der Waals surface area contributed by atoms with Gasteiger partial charge in [0.1, 0.15) is 30.6 Å². The third-order valence-electron chi connectivity index (χ3n) is 12.5. The van der Waals surface area contributed by atoms with Gasteiger partial charge < -0.3 is 35.4 Å². The van der Waals surface area contributed by atoms with Crippen LogP contribution >= 0.6 is 41.2 Å². The molecular weight excluding hydrogens is 709 g/mol. The number of hydrogen-bond acceptors (Lipinski definition) is 13. The highest BCUT2D eigenvalue weighted by atomic mass is 33.7. The van der Waals surface area contributed by atoms with Crippen molar-refractivity contribution in [2.75, 3.05) is 31.3 Å². The monoisotopic (exact) mass is 740 g/mol. The van der Waals surface area contributed by atoms with E-state index in [9.17, 15) is 19.8 Å². The zero-order chi connectivity index (χ0) is 34.2. The number of nitrogens with one attached hydrogen (secondary N) is 2. The summed E-state index contributed by atoms with van der Waals surface area (Å²) in [5.41, 5.74) is -2.51. The van der Waals surface area contributed by atoms with Crippen molar-refractivity contribution in [2.45, 2.75) is 70.7 Å². The summed E-state index contributed by atoms with van der Waals surface area (Å²) in [5, 5.41) is 30.8. The maximum absolute atomic E-state index is 15.5. The van der Waals surface area contributed by atoms with E-state index in [0.29, 0.717) is 22.5 Å². The third kappa shape index (κ3) is 2.78. The summed E-state index contributed by atoms with van der Waals surface area (Å²) in [6, 6.07) is 13.8. The summed E-state index contributed by atoms with van der Waals surface area (Å²) in [6.07, 6.45) is -4.89. The number of anilines is 2. The summed E-state index contributed by atoms with van der Waals surface area (Å²) in [5.74, 6) is -2.21. The first-order chi connectivity index (χ1) is 23.5. The topological polar surface area (TPSA) is 155 Å². The Morgan fingerprint density at radius 3 is 2.06 bits per heavy atom. The highest BCUT2D eigenvalue weighted by Gasteiger charge is 2.95. The van der Waals surface area contributed by atoms with Gasteiger partial charge in [-0.15, -0.1) is 0 Å². The van der Waals surface area contributed by atoms with Crippen molar-refractivity contribution < 1.29 is 34.1 Å². The predicted octanol–water partition coefficient (Wildman–Crippen LogP) is 1.55. The summed E-state index contributed by atoms with van der Waals surface area (Å²) >= 11 is 0. The molecule has 0 aliphatic carbocycles. The number of rotatable bonds is 2. The highest BCUT2D eigenvalue weighted by molar-refractivity contribution is 9.26. The molecule has 2 unspecified atom stereocenters. The zero-order valence-electron chi connectivity index (χ0n) is 26.6. The average molecular weight is 741 g/mol. The Balaban J connectivity index is 1.37. The molecule has 9 aliphatic heterocycles. The molecule has 17 heteroatoms. The number of benzene rings is 2. The lowest BCUT2D eigenvalue weighted by molar-refractivity contribution is -0.263. The van der Waals surface area contributed by atoms with E-state index in [0.717, 1.165) is 4.90 Å². The van der Waals surface area contributed by atoms with Crippen LogP contribution in [-0.4, -0.2) is 120 Å². The van der Waals surface area contributed by atoms with Crippen LogP contribution in [0.3, 0.4) is 0 Å². The fraction of sp³-hybridized carbons (Fsp3) is 0.500. The second-order valence-corrected chi connectivity index (χ2v) is 20.3. The van der Waals surface area contributed by atoms with E-state index in [1.54, 1.807) is 16.8 Å². The Labute approximate surface area is 296 Å². The fourth-order valence-corrected chi connectivity index (χ4v) is 18.8. The summed E-state index contributed by atoms with van der Waals surface area (Å²) in [6.45, 7) is 3.23. The van der Waals surface area contributed by atoms with Crippen LogP contribution in [0.25, 0.3) is 0 Å². The minimum absolute atomic E-state index is 0.270. The normalized spacial score (nSPS) is 43.7. The number of amides is 4. The van der Waals surface area contributed by atoms with Gasteiger partial charge in [-0.2, -0.15) is 0 Å². The standard InChI is InChI=1S/C32H32N6O7S4/c1-14(2)31-27(44)38-24-29(16-10-6-8-12-18(16)34-24)22(32(38,26(43)36(31)4)47-49-48-46-31)45-30-21(41)28(29)15-9-5-7-11-17(15)33-23(28)37(30)20(40)19(13-39)35(3)25(30)42/h5-12,14,19,21-24,33-34,39,41H,13H2,1-4H3/t19-,21+,22+,23+,24-,28?,29?,30+,31-,32+/m1/s1. The van der Waals surface area contributed by atoms with Crippen LogP contribution in [0.1, 0.15) is 25.0 Å².